The number of amides is 3. The lowest BCUT2D eigenvalue weighted by molar-refractivity contribution is -0.143. The number of ether oxygens (including phenoxy) is 3. The second kappa shape index (κ2) is 15.4. The van der Waals surface area contributed by atoms with Gasteiger partial charge in [0.1, 0.15) is 5.75 Å². The number of aliphatic hydroxyl groups excluding tert-OH is 1. The molecule has 0 radical (unpaired) electrons. The SMILES string of the molecule is COc1ccc(S(=O)(=O)N(CCO)CCO[C@@H]2C[C@H](c3ccsc3)C=C(C(=O)Nc3ccc(N4C(=O)c5ccc(Cl)cc5C4=O)c(C)c3)O2)cc1. The molecule has 2 atom stereocenters. The number of aliphatic hydroxyl groups is 1. The summed E-state index contributed by atoms with van der Waals surface area (Å²) < 4.78 is 44.9. The van der Waals surface area contributed by atoms with Crippen molar-refractivity contribution in [2.45, 2.75) is 30.4 Å². The molecule has 0 saturated heterocycles. The number of methoxy groups -OCH3 is 1. The van der Waals surface area contributed by atoms with Crippen LogP contribution >= 0.6 is 22.9 Å². The van der Waals surface area contributed by atoms with Crippen LogP contribution in [0.5, 0.6) is 5.75 Å². The first kappa shape index (κ1) is 36.2. The minimum absolute atomic E-state index is 0.0134. The summed E-state index contributed by atoms with van der Waals surface area (Å²) in [6.45, 7) is 1.04. The molecule has 2 N–H and O–H groups in total. The number of fused-ring (bicyclic) bond motifs is 1. The Morgan fingerprint density at radius 2 is 1.82 bits per heavy atom. The summed E-state index contributed by atoms with van der Waals surface area (Å²) in [6.07, 6.45) is 1.21. The predicted molar refractivity (Wildman–Crippen MR) is 192 cm³/mol. The third-order valence-corrected chi connectivity index (χ3v) is 11.3. The molecule has 266 valence electrons. The molecular weight excluding hydrogens is 718 g/mol. The number of nitrogens with one attached hydrogen (secondary N) is 1. The van der Waals surface area contributed by atoms with Crippen LogP contribution in [0.3, 0.4) is 0 Å². The molecular formula is C36H34ClN3O9S2. The van der Waals surface area contributed by atoms with E-state index in [0.717, 1.165) is 14.8 Å². The molecule has 0 saturated carbocycles. The molecule has 51 heavy (non-hydrogen) atoms. The lowest BCUT2D eigenvalue weighted by atomic mass is 9.95. The number of halogens is 1. The Bertz CT molecular complexity index is 2090. The predicted octanol–water partition coefficient (Wildman–Crippen LogP) is 5.57. The smallest absolute Gasteiger partial charge is 0.290 e. The fourth-order valence-corrected chi connectivity index (χ4v) is 8.20. The number of thiophene rings is 1. The van der Waals surface area contributed by atoms with Gasteiger partial charge in [-0.2, -0.15) is 15.6 Å². The van der Waals surface area contributed by atoms with Gasteiger partial charge in [-0.3, -0.25) is 14.4 Å². The van der Waals surface area contributed by atoms with Crippen molar-refractivity contribution in [1.82, 2.24) is 4.31 Å². The average molecular weight is 752 g/mol. The number of hydrogen-bond donors (Lipinski definition) is 2. The number of nitrogens with zero attached hydrogens (tertiary/aromatic N) is 2. The van der Waals surface area contributed by atoms with Gasteiger partial charge in [-0.15, -0.1) is 0 Å². The Balaban J connectivity index is 1.14. The van der Waals surface area contributed by atoms with Crippen molar-refractivity contribution in [2.75, 3.05) is 43.6 Å². The maximum Gasteiger partial charge on any atom is 0.290 e. The number of allylic oxidation sites excluding steroid dienone is 1. The van der Waals surface area contributed by atoms with Gasteiger partial charge in [0.15, 0.2) is 5.76 Å². The molecule has 2 aliphatic heterocycles. The molecule has 15 heteroatoms. The summed E-state index contributed by atoms with van der Waals surface area (Å²) in [4.78, 5) is 40.9. The van der Waals surface area contributed by atoms with Crippen LogP contribution in [0.2, 0.25) is 5.02 Å². The van der Waals surface area contributed by atoms with Crippen molar-refractivity contribution < 1.29 is 42.1 Å². The zero-order valence-corrected chi connectivity index (χ0v) is 30.0. The Labute approximate surface area is 303 Å². The van der Waals surface area contributed by atoms with Crippen molar-refractivity contribution in [1.29, 1.82) is 0 Å². The van der Waals surface area contributed by atoms with Crippen molar-refractivity contribution in [2.24, 2.45) is 0 Å². The lowest BCUT2D eigenvalue weighted by Crippen LogP contribution is -2.37. The van der Waals surface area contributed by atoms with Gasteiger partial charge >= 0.3 is 0 Å². The van der Waals surface area contributed by atoms with Gasteiger partial charge in [-0.25, -0.2) is 13.3 Å². The van der Waals surface area contributed by atoms with Crippen LogP contribution in [0.15, 0.2) is 94.2 Å². The number of imide groups is 1. The highest BCUT2D eigenvalue weighted by Crippen LogP contribution is 2.35. The Morgan fingerprint density at radius 3 is 2.51 bits per heavy atom. The minimum Gasteiger partial charge on any atom is -0.497 e. The quantitative estimate of drug-likeness (QED) is 0.167. The molecule has 0 bridgehead atoms. The highest BCUT2D eigenvalue weighted by molar-refractivity contribution is 7.89. The number of benzene rings is 3. The van der Waals surface area contributed by atoms with Crippen LogP contribution in [0.1, 0.15) is 44.2 Å². The van der Waals surface area contributed by atoms with Crippen LogP contribution in [0.25, 0.3) is 0 Å². The molecule has 3 aromatic carbocycles. The van der Waals surface area contributed by atoms with E-state index in [4.69, 9.17) is 25.8 Å². The third kappa shape index (κ3) is 7.71. The zero-order valence-electron chi connectivity index (χ0n) is 27.6. The maximum atomic E-state index is 13.6. The zero-order chi connectivity index (χ0) is 36.3. The molecule has 12 nitrogen and oxygen atoms in total. The van der Waals surface area contributed by atoms with E-state index >= 15 is 0 Å². The summed E-state index contributed by atoms with van der Waals surface area (Å²) in [5.41, 5.74) is 2.81. The normalized spacial score (nSPS) is 17.3. The van der Waals surface area contributed by atoms with E-state index in [1.807, 2.05) is 16.8 Å². The van der Waals surface area contributed by atoms with Gasteiger partial charge in [0.2, 0.25) is 16.3 Å². The average Bonchev–Trinajstić information content (AvgIpc) is 3.75. The molecule has 0 spiro atoms. The van der Waals surface area contributed by atoms with Crippen molar-refractivity contribution in [3.8, 4) is 5.75 Å². The number of rotatable bonds is 13. The van der Waals surface area contributed by atoms with E-state index in [-0.39, 0.29) is 47.4 Å². The number of hydrogen-bond acceptors (Lipinski definition) is 10. The van der Waals surface area contributed by atoms with Gasteiger partial charge in [-0.1, -0.05) is 11.6 Å². The Hall–Kier alpha value is -4.57. The summed E-state index contributed by atoms with van der Waals surface area (Å²) in [5.74, 6) is -1.20. The molecule has 6 rings (SSSR count). The molecule has 0 unspecified atom stereocenters. The van der Waals surface area contributed by atoms with Gasteiger partial charge in [0.05, 0.1) is 42.0 Å². The molecule has 4 aromatic rings. The number of aryl methyl sites for hydroxylation is 1. The van der Waals surface area contributed by atoms with Crippen LogP contribution in [-0.2, 0) is 24.3 Å². The Kier molecular flexibility index (Phi) is 10.9. The van der Waals surface area contributed by atoms with E-state index in [1.165, 1.54) is 42.7 Å². The molecule has 0 fully saturated rings. The number of sulfonamides is 1. The third-order valence-electron chi connectivity index (χ3n) is 8.49. The number of anilines is 2. The standard InChI is InChI=1S/C36H34ClN3O9S2/c1-22-17-26(4-10-31(22)40-35(43)29-9-3-25(37)20-30(29)36(40)44)38-34(42)32-18-24(23-11-16-50-21-23)19-33(49-32)48-15-13-39(12-14-41)51(45,46)28-7-5-27(47-2)6-8-28/h3-11,16-18,20-21,24,33,41H,12-15,19H2,1-2H3,(H,38,42)/t24-,33+/m1/s1. The van der Waals surface area contributed by atoms with Gasteiger partial charge in [0, 0.05) is 36.1 Å². The van der Waals surface area contributed by atoms with Gasteiger partial charge in [0.25, 0.3) is 17.7 Å². The second-order valence-corrected chi connectivity index (χ2v) is 14.9. The summed E-state index contributed by atoms with van der Waals surface area (Å²) in [5, 5.41) is 16.7. The van der Waals surface area contributed by atoms with Crippen molar-refractivity contribution >= 4 is 62.1 Å². The van der Waals surface area contributed by atoms with Crippen molar-refractivity contribution in [3.63, 3.8) is 0 Å². The molecule has 1 aromatic heterocycles. The summed E-state index contributed by atoms with van der Waals surface area (Å²) >= 11 is 7.57. The Morgan fingerprint density at radius 1 is 1.06 bits per heavy atom. The van der Waals surface area contributed by atoms with E-state index in [2.05, 4.69) is 5.32 Å². The van der Waals surface area contributed by atoms with Crippen LogP contribution in [0, 0.1) is 6.92 Å². The van der Waals surface area contributed by atoms with E-state index in [1.54, 1.807) is 49.4 Å². The first-order valence-corrected chi connectivity index (χ1v) is 18.6. The fourth-order valence-electron chi connectivity index (χ4n) is 5.89. The van der Waals surface area contributed by atoms with Crippen molar-refractivity contribution in [3.05, 3.63) is 117 Å². The van der Waals surface area contributed by atoms with Crippen LogP contribution < -0.4 is 15.0 Å². The van der Waals surface area contributed by atoms with Crippen LogP contribution in [-0.4, -0.2) is 75.3 Å². The highest BCUT2D eigenvalue weighted by Gasteiger charge is 2.37. The molecule has 3 amide bonds. The van der Waals surface area contributed by atoms with E-state index in [0.29, 0.717) is 34.1 Å². The molecule has 2 aliphatic rings. The van der Waals surface area contributed by atoms with Gasteiger partial charge in [-0.05, 0) is 102 Å². The van der Waals surface area contributed by atoms with Crippen LogP contribution in [0.4, 0.5) is 11.4 Å². The first-order valence-electron chi connectivity index (χ1n) is 15.9. The minimum atomic E-state index is -3.95. The maximum absolute atomic E-state index is 13.6. The lowest BCUT2D eigenvalue weighted by Gasteiger charge is -2.30. The van der Waals surface area contributed by atoms with E-state index in [9.17, 15) is 27.9 Å². The topological polar surface area (TPSA) is 152 Å². The van der Waals surface area contributed by atoms with Gasteiger partial charge < -0.3 is 24.6 Å². The largest absolute Gasteiger partial charge is 0.497 e. The number of carbonyl (C=O) groups is 3. The summed E-state index contributed by atoms with van der Waals surface area (Å²) in [7, 11) is -2.47. The second-order valence-electron chi connectivity index (χ2n) is 11.7. The van der Waals surface area contributed by atoms with E-state index < -0.39 is 40.6 Å². The first-order chi connectivity index (χ1) is 24.5. The fraction of sp³-hybridized carbons (Fsp3) is 0.250. The highest BCUT2D eigenvalue weighted by atomic mass is 35.5. The molecule has 3 heterocycles. The summed E-state index contributed by atoms with van der Waals surface area (Å²) in [6, 6.07) is 17.3. The molecule has 0 aliphatic carbocycles. The number of carbonyl (C=O) groups excluding carboxylic acids is 3. The monoisotopic (exact) mass is 751 g/mol.